The van der Waals surface area contributed by atoms with Crippen LogP contribution in [-0.2, 0) is 24.7 Å². The van der Waals surface area contributed by atoms with Crippen molar-refractivity contribution in [2.24, 2.45) is 7.05 Å². The van der Waals surface area contributed by atoms with Crippen LogP contribution in [0.3, 0.4) is 0 Å². The van der Waals surface area contributed by atoms with E-state index >= 15 is 0 Å². The number of fused-ring (bicyclic) bond motifs is 1. The number of rotatable bonds is 3. The third kappa shape index (κ3) is 1.78. The molecule has 0 spiro atoms. The van der Waals surface area contributed by atoms with Gasteiger partial charge < -0.3 is 9.67 Å². The predicted molar refractivity (Wildman–Crippen MR) is 61.4 cm³/mol. The van der Waals surface area contributed by atoms with Crippen LogP contribution in [0.15, 0.2) is 18.2 Å². The van der Waals surface area contributed by atoms with E-state index < -0.39 is 5.97 Å². The van der Waals surface area contributed by atoms with Crippen LogP contribution in [0.25, 0.3) is 11.0 Å². The molecule has 16 heavy (non-hydrogen) atoms. The zero-order valence-electron chi connectivity index (χ0n) is 9.40. The molecule has 4 heteroatoms. The standard InChI is InChI=1S/C12H14N2O2/c1-3-11-13-9-6-8(7-12(15)16)4-5-10(9)14(11)2/h4-6H,3,7H2,1-2H3,(H,15,16). The molecule has 1 aromatic heterocycles. The molecule has 0 radical (unpaired) electrons. The van der Waals surface area contributed by atoms with E-state index in [0.717, 1.165) is 28.8 Å². The lowest BCUT2D eigenvalue weighted by Crippen LogP contribution is -1.99. The van der Waals surface area contributed by atoms with Crippen LogP contribution in [0.1, 0.15) is 18.3 Å². The lowest BCUT2D eigenvalue weighted by molar-refractivity contribution is -0.136. The van der Waals surface area contributed by atoms with Gasteiger partial charge in [0.05, 0.1) is 17.5 Å². The number of carbonyl (C=O) groups is 1. The Morgan fingerprint density at radius 3 is 2.88 bits per heavy atom. The lowest BCUT2D eigenvalue weighted by atomic mass is 10.1. The molecule has 84 valence electrons. The summed E-state index contributed by atoms with van der Waals surface area (Å²) in [5.74, 6) is 0.202. The van der Waals surface area contributed by atoms with Gasteiger partial charge in [-0.1, -0.05) is 13.0 Å². The fraction of sp³-hybridized carbons (Fsp3) is 0.333. The van der Waals surface area contributed by atoms with Gasteiger partial charge in [0.15, 0.2) is 0 Å². The van der Waals surface area contributed by atoms with Crippen molar-refractivity contribution in [3.63, 3.8) is 0 Å². The Bertz CT molecular complexity index is 543. The molecule has 0 amide bonds. The van der Waals surface area contributed by atoms with Gasteiger partial charge in [-0.05, 0) is 17.7 Å². The number of imidazole rings is 1. The fourth-order valence-corrected chi connectivity index (χ4v) is 1.90. The minimum Gasteiger partial charge on any atom is -0.481 e. The lowest BCUT2D eigenvalue weighted by Gasteiger charge is -1.99. The first kappa shape index (κ1) is 10.7. The summed E-state index contributed by atoms with van der Waals surface area (Å²) in [5.41, 5.74) is 2.71. The van der Waals surface area contributed by atoms with Crippen LogP contribution < -0.4 is 0 Å². The molecular weight excluding hydrogens is 204 g/mol. The van der Waals surface area contributed by atoms with Crippen molar-refractivity contribution in [2.45, 2.75) is 19.8 Å². The summed E-state index contributed by atoms with van der Waals surface area (Å²) in [6, 6.07) is 5.62. The second-order valence-electron chi connectivity index (χ2n) is 3.83. The number of hydrogen-bond donors (Lipinski definition) is 1. The first-order chi connectivity index (χ1) is 7.61. The molecule has 1 N–H and O–H groups in total. The summed E-state index contributed by atoms with van der Waals surface area (Å²) in [6.45, 7) is 2.05. The molecule has 0 aliphatic heterocycles. The Morgan fingerprint density at radius 2 is 2.25 bits per heavy atom. The van der Waals surface area contributed by atoms with E-state index in [-0.39, 0.29) is 6.42 Å². The Hall–Kier alpha value is -1.84. The van der Waals surface area contributed by atoms with Gasteiger partial charge in [0.25, 0.3) is 0 Å². The summed E-state index contributed by atoms with van der Waals surface area (Å²) < 4.78 is 2.04. The van der Waals surface area contributed by atoms with Crippen LogP contribution in [0.2, 0.25) is 0 Å². The molecule has 0 saturated carbocycles. The van der Waals surface area contributed by atoms with Crippen molar-refractivity contribution in [3.8, 4) is 0 Å². The third-order valence-electron chi connectivity index (χ3n) is 2.71. The summed E-state index contributed by atoms with van der Waals surface area (Å²) in [5, 5.41) is 8.72. The number of carboxylic acid groups (broad SMARTS) is 1. The van der Waals surface area contributed by atoms with Gasteiger partial charge in [0, 0.05) is 13.5 Å². The maximum atomic E-state index is 10.6. The van der Waals surface area contributed by atoms with E-state index in [2.05, 4.69) is 11.9 Å². The molecule has 1 heterocycles. The predicted octanol–water partition coefficient (Wildman–Crippen LogP) is 1.76. The second kappa shape index (κ2) is 3.96. The number of aromatic nitrogens is 2. The summed E-state index contributed by atoms with van der Waals surface area (Å²) >= 11 is 0. The van der Waals surface area contributed by atoms with Crippen molar-refractivity contribution >= 4 is 17.0 Å². The van der Waals surface area contributed by atoms with Crippen molar-refractivity contribution in [1.29, 1.82) is 0 Å². The molecule has 0 aliphatic rings. The maximum Gasteiger partial charge on any atom is 0.307 e. The van der Waals surface area contributed by atoms with E-state index in [1.54, 1.807) is 0 Å². The molecule has 0 bridgehead atoms. The smallest absolute Gasteiger partial charge is 0.307 e. The number of hydrogen-bond acceptors (Lipinski definition) is 2. The third-order valence-corrected chi connectivity index (χ3v) is 2.71. The van der Waals surface area contributed by atoms with Crippen LogP contribution in [0, 0.1) is 0 Å². The van der Waals surface area contributed by atoms with Gasteiger partial charge in [0.1, 0.15) is 5.82 Å². The zero-order valence-corrected chi connectivity index (χ0v) is 9.40. The average molecular weight is 218 g/mol. The maximum absolute atomic E-state index is 10.6. The van der Waals surface area contributed by atoms with E-state index in [1.165, 1.54) is 0 Å². The molecule has 0 aliphatic carbocycles. The SMILES string of the molecule is CCc1nc2cc(CC(=O)O)ccc2n1C. The normalized spacial score (nSPS) is 10.9. The van der Waals surface area contributed by atoms with E-state index in [1.807, 2.05) is 29.8 Å². The molecular formula is C12H14N2O2. The number of aliphatic carboxylic acids is 1. The minimum atomic E-state index is -0.814. The van der Waals surface area contributed by atoms with Crippen molar-refractivity contribution in [1.82, 2.24) is 9.55 Å². The van der Waals surface area contributed by atoms with Gasteiger partial charge >= 0.3 is 5.97 Å². The molecule has 2 aromatic rings. The Balaban J connectivity index is 2.50. The number of carboxylic acids is 1. The molecule has 0 fully saturated rings. The molecule has 4 nitrogen and oxygen atoms in total. The highest BCUT2D eigenvalue weighted by Crippen LogP contribution is 2.17. The minimum absolute atomic E-state index is 0.0496. The topological polar surface area (TPSA) is 55.1 Å². The Labute approximate surface area is 93.5 Å². The summed E-state index contributed by atoms with van der Waals surface area (Å²) in [7, 11) is 1.98. The quantitative estimate of drug-likeness (QED) is 0.854. The van der Waals surface area contributed by atoms with Crippen LogP contribution in [0.4, 0.5) is 0 Å². The van der Waals surface area contributed by atoms with Gasteiger partial charge in [0.2, 0.25) is 0 Å². The van der Waals surface area contributed by atoms with Crippen LogP contribution >= 0.6 is 0 Å². The monoisotopic (exact) mass is 218 g/mol. The number of aryl methyl sites for hydroxylation is 2. The van der Waals surface area contributed by atoms with E-state index in [9.17, 15) is 4.79 Å². The van der Waals surface area contributed by atoms with Gasteiger partial charge in [-0.15, -0.1) is 0 Å². The molecule has 1 aromatic carbocycles. The van der Waals surface area contributed by atoms with Crippen molar-refractivity contribution in [2.75, 3.05) is 0 Å². The first-order valence-corrected chi connectivity index (χ1v) is 5.28. The van der Waals surface area contributed by atoms with Gasteiger partial charge in [-0.2, -0.15) is 0 Å². The zero-order chi connectivity index (χ0) is 11.7. The van der Waals surface area contributed by atoms with Crippen LogP contribution in [0.5, 0.6) is 0 Å². The van der Waals surface area contributed by atoms with E-state index in [4.69, 9.17) is 5.11 Å². The molecule has 0 unspecified atom stereocenters. The largest absolute Gasteiger partial charge is 0.481 e. The fourth-order valence-electron chi connectivity index (χ4n) is 1.90. The highest BCUT2D eigenvalue weighted by molar-refractivity contribution is 5.79. The van der Waals surface area contributed by atoms with Crippen molar-refractivity contribution in [3.05, 3.63) is 29.6 Å². The molecule has 0 atom stereocenters. The average Bonchev–Trinajstić information content (AvgIpc) is 2.54. The van der Waals surface area contributed by atoms with Gasteiger partial charge in [-0.3, -0.25) is 4.79 Å². The number of nitrogens with zero attached hydrogens (tertiary/aromatic N) is 2. The van der Waals surface area contributed by atoms with Gasteiger partial charge in [-0.25, -0.2) is 4.98 Å². The Kier molecular flexibility index (Phi) is 2.64. The van der Waals surface area contributed by atoms with E-state index in [0.29, 0.717) is 0 Å². The van der Waals surface area contributed by atoms with Crippen LogP contribution in [-0.4, -0.2) is 20.6 Å². The summed E-state index contributed by atoms with van der Waals surface area (Å²) in [6.07, 6.45) is 0.924. The Morgan fingerprint density at radius 1 is 1.50 bits per heavy atom. The summed E-state index contributed by atoms with van der Waals surface area (Å²) in [4.78, 5) is 15.1. The first-order valence-electron chi connectivity index (χ1n) is 5.28. The molecule has 2 rings (SSSR count). The number of benzene rings is 1. The van der Waals surface area contributed by atoms with Crippen molar-refractivity contribution < 1.29 is 9.90 Å². The second-order valence-corrected chi connectivity index (χ2v) is 3.83. The highest BCUT2D eigenvalue weighted by Gasteiger charge is 2.07. The molecule has 0 saturated heterocycles. The highest BCUT2D eigenvalue weighted by atomic mass is 16.4.